The number of aryl methyl sites for hydroxylation is 1. The lowest BCUT2D eigenvalue weighted by Crippen LogP contribution is -1.93. The van der Waals surface area contributed by atoms with Gasteiger partial charge in [0.05, 0.1) is 12.0 Å². The second-order valence-corrected chi connectivity index (χ2v) is 2.58. The van der Waals surface area contributed by atoms with Gasteiger partial charge in [-0.3, -0.25) is 4.98 Å². The van der Waals surface area contributed by atoms with Crippen molar-refractivity contribution in [2.75, 3.05) is 0 Å². The summed E-state index contributed by atoms with van der Waals surface area (Å²) in [6.07, 6.45) is 3.49. The molecule has 2 nitrogen and oxygen atoms in total. The van der Waals surface area contributed by atoms with Gasteiger partial charge in [-0.05, 0) is 31.0 Å². The average molecular weight is 146 g/mol. The van der Waals surface area contributed by atoms with Crippen molar-refractivity contribution in [2.45, 2.75) is 19.8 Å². The van der Waals surface area contributed by atoms with Gasteiger partial charge in [0.25, 0.3) is 0 Å². The molecule has 1 aromatic rings. The van der Waals surface area contributed by atoms with Crippen LogP contribution in [0.3, 0.4) is 0 Å². The Morgan fingerprint density at radius 1 is 1.64 bits per heavy atom. The topological polar surface area (TPSA) is 36.7 Å². The molecule has 0 radical (unpaired) electrons. The molecule has 0 spiro atoms. The minimum Gasteiger partial charge on any atom is -0.264 e. The van der Waals surface area contributed by atoms with E-state index in [4.69, 9.17) is 5.26 Å². The first-order valence-corrected chi connectivity index (χ1v) is 3.56. The monoisotopic (exact) mass is 146 g/mol. The van der Waals surface area contributed by atoms with Crippen molar-refractivity contribution in [2.24, 2.45) is 0 Å². The van der Waals surface area contributed by atoms with Crippen LogP contribution >= 0.6 is 0 Å². The molecule has 0 fully saturated rings. The largest absolute Gasteiger partial charge is 0.264 e. The van der Waals surface area contributed by atoms with Crippen LogP contribution in [-0.4, -0.2) is 4.98 Å². The zero-order valence-electron chi connectivity index (χ0n) is 6.70. The van der Waals surface area contributed by atoms with Gasteiger partial charge in [-0.2, -0.15) is 5.26 Å². The summed E-state index contributed by atoms with van der Waals surface area (Å²) < 4.78 is 0. The van der Waals surface area contributed by atoms with Crippen LogP contribution in [0.4, 0.5) is 0 Å². The fraction of sp³-hybridized carbons (Fsp3) is 0.333. The molecule has 0 aliphatic heterocycles. The number of rotatable bonds is 1. The molecule has 0 aromatic carbocycles. The Balaban J connectivity index is 3.05. The standard InChI is InChI=1S/C9H10N2/c1-7-3-4-11-6-9(7)8(2)5-10/h3-4,6,8H,1-2H3. The summed E-state index contributed by atoms with van der Waals surface area (Å²) in [5.41, 5.74) is 2.16. The molecule has 1 heterocycles. The van der Waals surface area contributed by atoms with E-state index in [-0.39, 0.29) is 5.92 Å². The van der Waals surface area contributed by atoms with Crippen LogP contribution in [0.1, 0.15) is 24.0 Å². The highest BCUT2D eigenvalue weighted by Crippen LogP contribution is 2.16. The molecular weight excluding hydrogens is 136 g/mol. The van der Waals surface area contributed by atoms with E-state index in [0.29, 0.717) is 0 Å². The summed E-state index contributed by atoms with van der Waals surface area (Å²) >= 11 is 0. The van der Waals surface area contributed by atoms with Crippen LogP contribution in [0.15, 0.2) is 18.5 Å². The van der Waals surface area contributed by atoms with Crippen molar-refractivity contribution >= 4 is 0 Å². The molecule has 1 rings (SSSR count). The maximum Gasteiger partial charge on any atom is 0.0702 e. The normalized spacial score (nSPS) is 12.1. The van der Waals surface area contributed by atoms with Gasteiger partial charge in [0, 0.05) is 12.4 Å². The summed E-state index contributed by atoms with van der Waals surface area (Å²) in [6.45, 7) is 3.87. The van der Waals surface area contributed by atoms with Gasteiger partial charge in [-0.25, -0.2) is 0 Å². The Morgan fingerprint density at radius 3 is 2.91 bits per heavy atom. The molecule has 1 unspecified atom stereocenters. The Kier molecular flexibility index (Phi) is 2.22. The molecule has 0 saturated carbocycles. The lowest BCUT2D eigenvalue weighted by molar-refractivity contribution is 0.950. The van der Waals surface area contributed by atoms with Crippen LogP contribution in [0, 0.1) is 18.3 Å². The molecule has 1 aromatic heterocycles. The fourth-order valence-electron chi connectivity index (χ4n) is 0.999. The van der Waals surface area contributed by atoms with Gasteiger partial charge in [0.1, 0.15) is 0 Å². The molecule has 1 atom stereocenters. The van der Waals surface area contributed by atoms with Gasteiger partial charge in [0.15, 0.2) is 0 Å². The molecule has 0 saturated heterocycles. The third kappa shape index (κ3) is 1.56. The highest BCUT2D eigenvalue weighted by Gasteiger charge is 2.05. The molecule has 0 N–H and O–H groups in total. The zero-order valence-corrected chi connectivity index (χ0v) is 6.70. The molecule has 56 valence electrons. The summed E-state index contributed by atoms with van der Waals surface area (Å²) in [6, 6.07) is 4.10. The first-order chi connectivity index (χ1) is 5.25. The van der Waals surface area contributed by atoms with Crippen molar-refractivity contribution in [3.63, 3.8) is 0 Å². The second-order valence-electron chi connectivity index (χ2n) is 2.58. The zero-order chi connectivity index (χ0) is 8.27. The van der Waals surface area contributed by atoms with Crippen molar-refractivity contribution in [3.05, 3.63) is 29.6 Å². The predicted octanol–water partition coefficient (Wildman–Crippen LogP) is 2.02. The molecule has 2 heteroatoms. The summed E-state index contributed by atoms with van der Waals surface area (Å²) in [5, 5.41) is 8.63. The molecule has 0 aliphatic rings. The third-order valence-electron chi connectivity index (χ3n) is 1.74. The maximum absolute atomic E-state index is 8.63. The number of aromatic nitrogens is 1. The lowest BCUT2D eigenvalue weighted by Gasteiger charge is -2.04. The van der Waals surface area contributed by atoms with Crippen LogP contribution in [0.5, 0.6) is 0 Å². The highest BCUT2D eigenvalue weighted by molar-refractivity contribution is 5.28. The first kappa shape index (κ1) is 7.74. The first-order valence-electron chi connectivity index (χ1n) is 3.56. The van der Waals surface area contributed by atoms with Crippen LogP contribution in [-0.2, 0) is 0 Å². The number of pyridine rings is 1. The predicted molar refractivity (Wildman–Crippen MR) is 43.0 cm³/mol. The number of nitrogens with zero attached hydrogens (tertiary/aromatic N) is 2. The molecule has 11 heavy (non-hydrogen) atoms. The number of hydrogen-bond acceptors (Lipinski definition) is 2. The van der Waals surface area contributed by atoms with E-state index < -0.39 is 0 Å². The van der Waals surface area contributed by atoms with Gasteiger partial charge in [-0.1, -0.05) is 0 Å². The molecular formula is C9H10N2. The van der Waals surface area contributed by atoms with E-state index in [0.717, 1.165) is 11.1 Å². The van der Waals surface area contributed by atoms with Gasteiger partial charge in [-0.15, -0.1) is 0 Å². The third-order valence-corrected chi connectivity index (χ3v) is 1.74. The Bertz CT molecular complexity index is 286. The van der Waals surface area contributed by atoms with E-state index in [1.54, 1.807) is 12.4 Å². The SMILES string of the molecule is Cc1ccncc1C(C)C#N. The number of nitriles is 1. The summed E-state index contributed by atoms with van der Waals surface area (Å²) in [4.78, 5) is 3.96. The van der Waals surface area contributed by atoms with Crippen molar-refractivity contribution in [1.29, 1.82) is 5.26 Å². The van der Waals surface area contributed by atoms with E-state index >= 15 is 0 Å². The van der Waals surface area contributed by atoms with E-state index in [1.807, 2.05) is 19.9 Å². The van der Waals surface area contributed by atoms with Crippen LogP contribution in [0.2, 0.25) is 0 Å². The van der Waals surface area contributed by atoms with Crippen molar-refractivity contribution in [3.8, 4) is 6.07 Å². The Morgan fingerprint density at radius 2 is 2.36 bits per heavy atom. The van der Waals surface area contributed by atoms with Gasteiger partial charge < -0.3 is 0 Å². The average Bonchev–Trinajstić information content (AvgIpc) is 2.04. The second kappa shape index (κ2) is 3.16. The minimum absolute atomic E-state index is 0.0521. The molecule has 0 bridgehead atoms. The maximum atomic E-state index is 8.63. The molecule has 0 amide bonds. The fourth-order valence-corrected chi connectivity index (χ4v) is 0.999. The molecule has 0 aliphatic carbocycles. The van der Waals surface area contributed by atoms with Crippen LogP contribution in [0.25, 0.3) is 0 Å². The lowest BCUT2D eigenvalue weighted by atomic mass is 10.0. The van der Waals surface area contributed by atoms with Crippen LogP contribution < -0.4 is 0 Å². The van der Waals surface area contributed by atoms with Gasteiger partial charge in [0.2, 0.25) is 0 Å². The van der Waals surface area contributed by atoms with Crippen molar-refractivity contribution in [1.82, 2.24) is 4.98 Å². The smallest absolute Gasteiger partial charge is 0.0702 e. The van der Waals surface area contributed by atoms with E-state index in [9.17, 15) is 0 Å². The van der Waals surface area contributed by atoms with E-state index in [2.05, 4.69) is 11.1 Å². The van der Waals surface area contributed by atoms with E-state index in [1.165, 1.54) is 0 Å². The van der Waals surface area contributed by atoms with Gasteiger partial charge >= 0.3 is 0 Å². The summed E-state index contributed by atoms with van der Waals surface area (Å²) in [7, 11) is 0. The highest BCUT2D eigenvalue weighted by atomic mass is 14.6. The Labute approximate surface area is 66.5 Å². The Hall–Kier alpha value is -1.36. The summed E-state index contributed by atoms with van der Waals surface area (Å²) in [5.74, 6) is -0.0521. The minimum atomic E-state index is -0.0521. The number of hydrogen-bond donors (Lipinski definition) is 0. The van der Waals surface area contributed by atoms with Crippen molar-refractivity contribution < 1.29 is 0 Å². The quantitative estimate of drug-likeness (QED) is 0.607.